The van der Waals surface area contributed by atoms with E-state index < -0.39 is 0 Å². The number of hydrogen-bond donors (Lipinski definition) is 0. The smallest absolute Gasteiger partial charge is 0.150 e. The number of fused-ring (bicyclic) bond motifs is 1. The number of nitrogens with zero attached hydrogens (tertiary/aromatic N) is 2. The van der Waals surface area contributed by atoms with Gasteiger partial charge in [0, 0.05) is 23.2 Å². The van der Waals surface area contributed by atoms with Crippen LogP contribution in [0.25, 0.3) is 10.9 Å². The van der Waals surface area contributed by atoms with E-state index in [0.29, 0.717) is 11.6 Å². The second-order valence-corrected chi connectivity index (χ2v) is 3.64. The normalized spacial score (nSPS) is 11.1. The zero-order chi connectivity index (χ0) is 10.1. The van der Waals surface area contributed by atoms with Crippen LogP contribution in [0.4, 0.5) is 0 Å². The van der Waals surface area contributed by atoms with Crippen LogP contribution >= 0.6 is 0 Å². The maximum atomic E-state index is 10.6. The predicted molar refractivity (Wildman–Crippen MR) is 55.5 cm³/mol. The lowest BCUT2D eigenvalue weighted by atomic mass is 10.2. The van der Waals surface area contributed by atoms with Gasteiger partial charge in [-0.15, -0.1) is 0 Å². The number of rotatable bonds is 2. The first-order valence-electron chi connectivity index (χ1n) is 4.65. The molecule has 0 atom stereocenters. The summed E-state index contributed by atoms with van der Waals surface area (Å²) < 4.78 is 1.90. The van der Waals surface area contributed by atoms with Crippen molar-refractivity contribution in [3.63, 3.8) is 0 Å². The van der Waals surface area contributed by atoms with Crippen LogP contribution in [-0.4, -0.2) is 16.1 Å². The molecule has 0 fully saturated rings. The van der Waals surface area contributed by atoms with Crippen LogP contribution in [0, 0.1) is 0 Å². The Morgan fingerprint density at radius 1 is 1.43 bits per heavy atom. The van der Waals surface area contributed by atoms with Gasteiger partial charge in [0.2, 0.25) is 0 Å². The van der Waals surface area contributed by atoms with E-state index in [9.17, 15) is 4.79 Å². The molecule has 0 aliphatic rings. The molecule has 0 saturated carbocycles. The Morgan fingerprint density at radius 3 is 2.86 bits per heavy atom. The molecule has 1 aromatic carbocycles. The topological polar surface area (TPSA) is 34.9 Å². The molecule has 0 spiro atoms. The van der Waals surface area contributed by atoms with Gasteiger partial charge in [-0.25, -0.2) is 0 Å². The molecule has 1 aromatic heterocycles. The first-order chi connectivity index (χ1) is 6.70. The first-order valence-corrected chi connectivity index (χ1v) is 4.65. The van der Waals surface area contributed by atoms with Crippen molar-refractivity contribution in [3.8, 4) is 0 Å². The Morgan fingerprint density at radius 2 is 2.21 bits per heavy atom. The summed E-state index contributed by atoms with van der Waals surface area (Å²) in [6, 6.07) is 5.88. The monoisotopic (exact) mass is 188 g/mol. The summed E-state index contributed by atoms with van der Waals surface area (Å²) in [6.07, 6.45) is 2.84. The van der Waals surface area contributed by atoms with E-state index >= 15 is 0 Å². The highest BCUT2D eigenvalue weighted by molar-refractivity contribution is 5.86. The van der Waals surface area contributed by atoms with Gasteiger partial charge in [-0.1, -0.05) is 12.1 Å². The first kappa shape index (κ1) is 8.94. The van der Waals surface area contributed by atoms with Crippen molar-refractivity contribution < 1.29 is 4.79 Å². The van der Waals surface area contributed by atoms with Crippen LogP contribution in [0.15, 0.2) is 24.4 Å². The van der Waals surface area contributed by atoms with Crippen molar-refractivity contribution in [2.75, 3.05) is 0 Å². The van der Waals surface area contributed by atoms with E-state index in [1.165, 1.54) is 0 Å². The molecule has 3 nitrogen and oxygen atoms in total. The average Bonchev–Trinajstić information content (AvgIpc) is 2.59. The maximum absolute atomic E-state index is 10.6. The lowest BCUT2D eigenvalue weighted by Crippen LogP contribution is -1.99. The van der Waals surface area contributed by atoms with E-state index in [1.54, 1.807) is 6.07 Å². The predicted octanol–water partition coefficient (Wildman–Crippen LogP) is 2.43. The van der Waals surface area contributed by atoms with Gasteiger partial charge in [0.1, 0.15) is 6.29 Å². The second-order valence-electron chi connectivity index (χ2n) is 3.64. The van der Waals surface area contributed by atoms with Crippen molar-refractivity contribution in [2.24, 2.45) is 0 Å². The molecule has 2 aromatic rings. The fourth-order valence-corrected chi connectivity index (χ4v) is 1.39. The Balaban J connectivity index is 2.59. The van der Waals surface area contributed by atoms with Crippen LogP contribution in [0.3, 0.4) is 0 Å². The van der Waals surface area contributed by atoms with E-state index in [0.717, 1.165) is 17.2 Å². The fourth-order valence-electron chi connectivity index (χ4n) is 1.39. The number of hydrogen-bond acceptors (Lipinski definition) is 2. The molecule has 0 unspecified atom stereocenters. The zero-order valence-electron chi connectivity index (χ0n) is 8.27. The van der Waals surface area contributed by atoms with Crippen LogP contribution in [0.1, 0.15) is 30.2 Å². The molecule has 0 amide bonds. The van der Waals surface area contributed by atoms with Crippen LogP contribution in [0.2, 0.25) is 0 Å². The summed E-state index contributed by atoms with van der Waals surface area (Å²) in [4.78, 5) is 10.6. The third kappa shape index (κ3) is 1.41. The van der Waals surface area contributed by atoms with Crippen molar-refractivity contribution in [1.29, 1.82) is 0 Å². The zero-order valence-corrected chi connectivity index (χ0v) is 8.27. The fraction of sp³-hybridized carbons (Fsp3) is 0.273. The minimum Gasteiger partial charge on any atom is -0.298 e. The van der Waals surface area contributed by atoms with Gasteiger partial charge >= 0.3 is 0 Å². The lowest BCUT2D eigenvalue weighted by molar-refractivity contribution is 0.112. The molecule has 0 aliphatic heterocycles. The van der Waals surface area contributed by atoms with Gasteiger partial charge in [-0.05, 0) is 19.9 Å². The molecular formula is C11H12N2O. The van der Waals surface area contributed by atoms with Gasteiger partial charge in [0.05, 0.1) is 5.52 Å². The largest absolute Gasteiger partial charge is 0.298 e. The summed E-state index contributed by atoms with van der Waals surface area (Å²) in [5.74, 6) is 0. The molecule has 0 saturated heterocycles. The SMILES string of the molecule is CC(C)n1cc2ccc(C=O)cc2n1. The van der Waals surface area contributed by atoms with Crippen molar-refractivity contribution in [2.45, 2.75) is 19.9 Å². The van der Waals surface area contributed by atoms with E-state index in [2.05, 4.69) is 18.9 Å². The standard InChI is InChI=1S/C11H12N2O/c1-8(2)13-6-10-4-3-9(7-14)5-11(10)12-13/h3-8H,1-2H3. The Hall–Kier alpha value is -1.64. The van der Waals surface area contributed by atoms with Crippen molar-refractivity contribution in [1.82, 2.24) is 9.78 Å². The quantitative estimate of drug-likeness (QED) is 0.678. The summed E-state index contributed by atoms with van der Waals surface area (Å²) in [6.45, 7) is 4.15. The summed E-state index contributed by atoms with van der Waals surface area (Å²) in [7, 11) is 0. The van der Waals surface area contributed by atoms with Crippen molar-refractivity contribution >= 4 is 17.2 Å². The minimum absolute atomic E-state index is 0.349. The molecule has 0 N–H and O–H groups in total. The second kappa shape index (κ2) is 3.25. The molecule has 0 aliphatic carbocycles. The van der Waals surface area contributed by atoms with Gasteiger partial charge in [0.25, 0.3) is 0 Å². The number of aldehydes is 1. The summed E-state index contributed by atoms with van der Waals surface area (Å²) >= 11 is 0. The number of carbonyl (C=O) groups is 1. The maximum Gasteiger partial charge on any atom is 0.150 e. The van der Waals surface area contributed by atoms with E-state index in [4.69, 9.17) is 0 Å². The average molecular weight is 188 g/mol. The molecule has 14 heavy (non-hydrogen) atoms. The van der Waals surface area contributed by atoms with Gasteiger partial charge in [0.15, 0.2) is 0 Å². The van der Waals surface area contributed by atoms with E-state index in [1.807, 2.05) is 23.0 Å². The highest BCUT2D eigenvalue weighted by Crippen LogP contribution is 2.15. The molecule has 3 heteroatoms. The van der Waals surface area contributed by atoms with Gasteiger partial charge < -0.3 is 0 Å². The number of benzene rings is 1. The number of aromatic nitrogens is 2. The van der Waals surface area contributed by atoms with Gasteiger partial charge in [-0.3, -0.25) is 9.48 Å². The van der Waals surface area contributed by atoms with E-state index in [-0.39, 0.29) is 0 Å². The highest BCUT2D eigenvalue weighted by Gasteiger charge is 2.03. The summed E-state index contributed by atoms with van der Waals surface area (Å²) in [5, 5.41) is 5.45. The molecule has 1 heterocycles. The third-order valence-electron chi connectivity index (χ3n) is 2.21. The van der Waals surface area contributed by atoms with Crippen molar-refractivity contribution in [3.05, 3.63) is 30.0 Å². The minimum atomic E-state index is 0.349. The molecule has 0 bridgehead atoms. The molecule has 72 valence electrons. The van der Waals surface area contributed by atoms with Crippen LogP contribution in [-0.2, 0) is 0 Å². The molecule has 2 rings (SSSR count). The third-order valence-corrected chi connectivity index (χ3v) is 2.21. The van der Waals surface area contributed by atoms with Gasteiger partial charge in [-0.2, -0.15) is 5.10 Å². The molecule has 0 radical (unpaired) electrons. The van der Waals surface area contributed by atoms with Crippen LogP contribution < -0.4 is 0 Å². The number of carbonyl (C=O) groups excluding carboxylic acids is 1. The highest BCUT2D eigenvalue weighted by atomic mass is 16.1. The summed E-state index contributed by atoms with van der Waals surface area (Å²) in [5.41, 5.74) is 1.55. The molecular weight excluding hydrogens is 176 g/mol. The Bertz CT molecular complexity index is 471. The Labute approximate surface area is 82.3 Å². The Kier molecular flexibility index (Phi) is 2.08. The lowest BCUT2D eigenvalue weighted by Gasteiger charge is -2.02. The van der Waals surface area contributed by atoms with Crippen LogP contribution in [0.5, 0.6) is 0 Å².